The Bertz CT molecular complexity index is 475. The number of ether oxygens (including phenoxy) is 1. The van der Waals surface area contributed by atoms with Crippen molar-refractivity contribution in [1.29, 1.82) is 0 Å². The molecule has 2 aliphatic heterocycles. The summed E-state index contributed by atoms with van der Waals surface area (Å²) in [7, 11) is -0.246. The van der Waals surface area contributed by atoms with Crippen LogP contribution in [0.5, 0.6) is 5.75 Å². The first-order valence-corrected chi connectivity index (χ1v) is 7.34. The molecular weight excluding hydrogens is 239 g/mol. The number of hydrogen-bond donors (Lipinski definition) is 0. The summed E-state index contributed by atoms with van der Waals surface area (Å²) < 4.78 is 17.9. The Hall–Kier alpha value is -0.995. The SMILES string of the molecule is CCCc1ccc2c3c1[C@@H](CC)OB3OC(C)CO2. The summed E-state index contributed by atoms with van der Waals surface area (Å²) in [5, 5.41) is 0. The predicted molar refractivity (Wildman–Crippen MR) is 76.0 cm³/mol. The van der Waals surface area contributed by atoms with Crippen molar-refractivity contribution in [3.05, 3.63) is 23.3 Å². The maximum Gasteiger partial charge on any atom is 0.498 e. The van der Waals surface area contributed by atoms with E-state index in [-0.39, 0.29) is 19.3 Å². The van der Waals surface area contributed by atoms with E-state index in [4.69, 9.17) is 14.0 Å². The Morgan fingerprint density at radius 1 is 1.26 bits per heavy atom. The highest BCUT2D eigenvalue weighted by atomic mass is 16.6. The van der Waals surface area contributed by atoms with Crippen LogP contribution in [0, 0.1) is 0 Å². The van der Waals surface area contributed by atoms with Crippen LogP contribution < -0.4 is 10.2 Å². The molecule has 1 unspecified atom stereocenters. The summed E-state index contributed by atoms with van der Waals surface area (Å²) in [5.74, 6) is 0.945. The lowest BCUT2D eigenvalue weighted by atomic mass is 9.76. The first-order valence-electron chi connectivity index (χ1n) is 7.34. The van der Waals surface area contributed by atoms with Crippen molar-refractivity contribution in [1.82, 2.24) is 0 Å². The van der Waals surface area contributed by atoms with E-state index in [1.165, 1.54) is 11.1 Å². The smallest absolute Gasteiger partial charge is 0.491 e. The summed E-state index contributed by atoms with van der Waals surface area (Å²) in [5.41, 5.74) is 3.85. The third-order valence-corrected chi connectivity index (χ3v) is 3.90. The molecule has 0 aromatic heterocycles. The average molecular weight is 260 g/mol. The van der Waals surface area contributed by atoms with Crippen molar-refractivity contribution < 1.29 is 14.0 Å². The van der Waals surface area contributed by atoms with E-state index < -0.39 is 0 Å². The van der Waals surface area contributed by atoms with Gasteiger partial charge in [0.05, 0.1) is 12.2 Å². The van der Waals surface area contributed by atoms with Crippen molar-refractivity contribution in [2.45, 2.75) is 52.2 Å². The summed E-state index contributed by atoms with van der Waals surface area (Å²) in [6.45, 7) is 6.99. The van der Waals surface area contributed by atoms with E-state index in [0.717, 1.165) is 30.5 Å². The van der Waals surface area contributed by atoms with Crippen molar-refractivity contribution in [2.24, 2.45) is 0 Å². The lowest BCUT2D eigenvalue weighted by Crippen LogP contribution is -2.34. The van der Waals surface area contributed by atoms with Gasteiger partial charge in [-0.3, -0.25) is 0 Å². The molecule has 0 saturated heterocycles. The fraction of sp³-hybridized carbons (Fsp3) is 0.600. The number of hydrogen-bond acceptors (Lipinski definition) is 3. The normalized spacial score (nSPS) is 24.9. The van der Waals surface area contributed by atoms with Crippen LogP contribution in [-0.4, -0.2) is 19.8 Å². The molecule has 2 heterocycles. The first-order chi connectivity index (χ1) is 9.24. The van der Waals surface area contributed by atoms with Crippen molar-refractivity contribution in [3.63, 3.8) is 0 Å². The molecule has 1 aromatic carbocycles. The van der Waals surface area contributed by atoms with Gasteiger partial charge in [0.2, 0.25) is 0 Å². The highest BCUT2D eigenvalue weighted by molar-refractivity contribution is 6.64. The molecule has 0 bridgehead atoms. The Balaban J connectivity index is 2.10. The Morgan fingerprint density at radius 2 is 2.11 bits per heavy atom. The van der Waals surface area contributed by atoms with E-state index in [9.17, 15) is 0 Å². The molecule has 0 saturated carbocycles. The number of rotatable bonds is 3. The van der Waals surface area contributed by atoms with Crippen LogP contribution in [0.4, 0.5) is 0 Å². The average Bonchev–Trinajstić information content (AvgIpc) is 2.69. The van der Waals surface area contributed by atoms with Crippen LogP contribution in [0.1, 0.15) is 50.8 Å². The molecule has 1 aromatic rings. The summed E-state index contributed by atoms with van der Waals surface area (Å²) in [4.78, 5) is 0. The molecule has 0 aliphatic carbocycles. The highest BCUT2D eigenvalue weighted by Gasteiger charge is 2.43. The van der Waals surface area contributed by atoms with Gasteiger partial charge in [0.1, 0.15) is 12.4 Å². The minimum Gasteiger partial charge on any atom is -0.491 e. The zero-order valence-corrected chi connectivity index (χ0v) is 11.9. The molecular formula is C15H21BO3. The highest BCUT2D eigenvalue weighted by Crippen LogP contribution is 2.35. The molecule has 0 spiro atoms. The Kier molecular flexibility index (Phi) is 3.55. The van der Waals surface area contributed by atoms with Gasteiger partial charge < -0.3 is 14.0 Å². The minimum atomic E-state index is -0.246. The summed E-state index contributed by atoms with van der Waals surface area (Å²) in [6, 6.07) is 4.28. The van der Waals surface area contributed by atoms with E-state index in [2.05, 4.69) is 26.0 Å². The lowest BCUT2D eigenvalue weighted by molar-refractivity contribution is 0.0975. The van der Waals surface area contributed by atoms with Gasteiger partial charge in [-0.05, 0) is 37.0 Å². The van der Waals surface area contributed by atoms with Crippen molar-refractivity contribution >= 4 is 12.6 Å². The van der Waals surface area contributed by atoms with Gasteiger partial charge in [0.25, 0.3) is 0 Å². The van der Waals surface area contributed by atoms with Crippen molar-refractivity contribution in [3.8, 4) is 5.75 Å². The monoisotopic (exact) mass is 260 g/mol. The third kappa shape index (κ3) is 2.17. The summed E-state index contributed by atoms with van der Waals surface area (Å²) >= 11 is 0. The van der Waals surface area contributed by atoms with Crippen molar-refractivity contribution in [2.75, 3.05) is 6.61 Å². The molecule has 3 nitrogen and oxygen atoms in total. The predicted octanol–water partition coefficient (Wildman–Crippen LogP) is 2.61. The van der Waals surface area contributed by atoms with Gasteiger partial charge in [-0.2, -0.15) is 0 Å². The molecule has 0 amide bonds. The van der Waals surface area contributed by atoms with Gasteiger partial charge in [-0.1, -0.05) is 26.3 Å². The molecule has 2 aliphatic rings. The minimum absolute atomic E-state index is 0.0653. The van der Waals surface area contributed by atoms with E-state index in [1.807, 2.05) is 6.92 Å². The third-order valence-electron chi connectivity index (χ3n) is 3.90. The standard InChI is InChI=1S/C15H21BO3/c1-4-6-11-7-8-13-15-14(11)12(5-2)19-16(15)18-10(3)9-17-13/h7-8,10,12H,4-6,9H2,1-3H3/t10?,12-/m1/s1. The molecule has 2 atom stereocenters. The second-order valence-corrected chi connectivity index (χ2v) is 5.42. The second kappa shape index (κ2) is 5.18. The maximum absolute atomic E-state index is 6.10. The van der Waals surface area contributed by atoms with E-state index in [0.29, 0.717) is 6.61 Å². The molecule has 102 valence electrons. The zero-order chi connectivity index (χ0) is 13.4. The molecule has 0 fully saturated rings. The Morgan fingerprint density at radius 3 is 2.84 bits per heavy atom. The van der Waals surface area contributed by atoms with Crippen LogP contribution in [0.3, 0.4) is 0 Å². The topological polar surface area (TPSA) is 27.7 Å². The largest absolute Gasteiger partial charge is 0.498 e. The fourth-order valence-corrected chi connectivity index (χ4v) is 3.04. The lowest BCUT2D eigenvalue weighted by Gasteiger charge is -2.17. The zero-order valence-electron chi connectivity index (χ0n) is 11.9. The van der Waals surface area contributed by atoms with Gasteiger partial charge >= 0.3 is 7.12 Å². The Labute approximate surface area is 115 Å². The van der Waals surface area contributed by atoms with Crippen LogP contribution in [0.15, 0.2) is 12.1 Å². The van der Waals surface area contributed by atoms with E-state index in [1.54, 1.807) is 0 Å². The number of aryl methyl sites for hydroxylation is 1. The maximum atomic E-state index is 6.10. The van der Waals surface area contributed by atoms with E-state index >= 15 is 0 Å². The van der Waals surface area contributed by atoms with Crippen LogP contribution in [-0.2, 0) is 15.7 Å². The fourth-order valence-electron chi connectivity index (χ4n) is 3.04. The van der Waals surface area contributed by atoms with Gasteiger partial charge in [0, 0.05) is 5.46 Å². The molecule has 0 radical (unpaired) electrons. The van der Waals surface area contributed by atoms with Gasteiger partial charge in [-0.25, -0.2) is 0 Å². The second-order valence-electron chi connectivity index (χ2n) is 5.42. The van der Waals surface area contributed by atoms with Crippen LogP contribution in [0.2, 0.25) is 0 Å². The molecule has 4 heteroatoms. The van der Waals surface area contributed by atoms with Crippen LogP contribution in [0.25, 0.3) is 0 Å². The first kappa shape index (κ1) is 13.0. The molecule has 19 heavy (non-hydrogen) atoms. The molecule has 0 N–H and O–H groups in total. The summed E-state index contributed by atoms with van der Waals surface area (Å²) in [6.07, 6.45) is 3.42. The quantitative estimate of drug-likeness (QED) is 0.782. The number of benzene rings is 1. The van der Waals surface area contributed by atoms with Gasteiger partial charge in [-0.15, -0.1) is 0 Å². The molecule has 3 rings (SSSR count). The van der Waals surface area contributed by atoms with Gasteiger partial charge in [0.15, 0.2) is 0 Å². The van der Waals surface area contributed by atoms with Crippen LogP contribution >= 0.6 is 0 Å².